The van der Waals surface area contributed by atoms with Crippen LogP contribution in [0.5, 0.6) is 0 Å². The molecule has 0 amide bonds. The first kappa shape index (κ1) is 35.4. The molecule has 294 valence electrons. The van der Waals surface area contributed by atoms with Gasteiger partial charge in [0.25, 0.3) is 0 Å². The van der Waals surface area contributed by atoms with Crippen molar-refractivity contribution < 1.29 is 4.42 Å². The number of hydrogen-bond acceptors (Lipinski definition) is 2. The monoisotopic (exact) mass is 802 g/mol. The van der Waals surface area contributed by atoms with Crippen molar-refractivity contribution in [3.8, 4) is 27.9 Å². The van der Waals surface area contributed by atoms with Gasteiger partial charge in [-0.2, -0.15) is 0 Å². The molecule has 0 bridgehead atoms. The summed E-state index contributed by atoms with van der Waals surface area (Å²) >= 11 is 0. The lowest BCUT2D eigenvalue weighted by molar-refractivity contribution is 0.674. The number of benzene rings is 11. The molecule has 0 radical (unpaired) electrons. The summed E-state index contributed by atoms with van der Waals surface area (Å²) in [5.74, 6) is 0. The van der Waals surface area contributed by atoms with Crippen LogP contribution in [0.2, 0.25) is 0 Å². The zero-order valence-corrected chi connectivity index (χ0v) is 34.2. The fourth-order valence-electron chi connectivity index (χ4n) is 10.1. The molecule has 2 heterocycles. The maximum atomic E-state index is 6.78. The van der Waals surface area contributed by atoms with Crippen LogP contribution in [-0.2, 0) is 0 Å². The molecular weight excluding hydrogens is 765 g/mol. The van der Waals surface area contributed by atoms with E-state index in [0.29, 0.717) is 0 Å². The summed E-state index contributed by atoms with van der Waals surface area (Å²) in [4.78, 5) is 2.42. The van der Waals surface area contributed by atoms with E-state index < -0.39 is 0 Å². The third-order valence-corrected chi connectivity index (χ3v) is 13.0. The molecule has 0 saturated carbocycles. The van der Waals surface area contributed by atoms with Gasteiger partial charge < -0.3 is 13.9 Å². The molecule has 0 unspecified atom stereocenters. The molecule has 0 aliphatic carbocycles. The Morgan fingerprint density at radius 1 is 0.333 bits per heavy atom. The van der Waals surface area contributed by atoms with Crippen molar-refractivity contribution in [1.82, 2.24) is 4.57 Å². The summed E-state index contributed by atoms with van der Waals surface area (Å²) in [6.45, 7) is 0. The fraction of sp³-hybridized carbons (Fsp3) is 0. The lowest BCUT2D eigenvalue weighted by atomic mass is 9.93. The second-order valence-corrected chi connectivity index (χ2v) is 16.4. The second kappa shape index (κ2) is 14.1. The van der Waals surface area contributed by atoms with Gasteiger partial charge in [0.05, 0.1) is 16.7 Å². The Morgan fingerprint density at radius 3 is 1.68 bits per heavy atom. The van der Waals surface area contributed by atoms with Crippen LogP contribution in [0.3, 0.4) is 0 Å². The summed E-state index contributed by atoms with van der Waals surface area (Å²) in [5, 5.41) is 12.0. The average molecular weight is 803 g/mol. The number of hydrogen-bond donors (Lipinski definition) is 0. The van der Waals surface area contributed by atoms with Crippen molar-refractivity contribution in [2.45, 2.75) is 0 Å². The van der Waals surface area contributed by atoms with Gasteiger partial charge in [-0.15, -0.1) is 0 Å². The van der Waals surface area contributed by atoms with Gasteiger partial charge in [0, 0.05) is 49.6 Å². The Labute approximate surface area is 363 Å². The van der Waals surface area contributed by atoms with E-state index in [4.69, 9.17) is 4.42 Å². The lowest BCUT2D eigenvalue weighted by Crippen LogP contribution is -2.10. The molecule has 0 aliphatic rings. The van der Waals surface area contributed by atoms with Crippen LogP contribution < -0.4 is 4.90 Å². The maximum Gasteiger partial charge on any atom is 0.143 e. The standard InChI is InChI=1S/C60H38N2O/c1-2-16-43(17-3-1)62-55-25-11-10-22-53(55)58-56(26-13-27-57(58)62)61(45-35-30-41(31-36-45)54-38-42-15-5-6-18-46(42)49-20-8-9-21-50(49)54)44-33-28-40(29-34-44)48-23-12-24-51-52-37-32-39-14-4-7-19-47(39)60(52)63-59(48)51/h1-38H. The first-order valence-corrected chi connectivity index (χ1v) is 21.6. The Kier molecular flexibility index (Phi) is 7.91. The summed E-state index contributed by atoms with van der Waals surface area (Å²) in [6, 6.07) is 83.4. The number of nitrogens with zero attached hydrogens (tertiary/aromatic N) is 2. The molecule has 0 N–H and O–H groups in total. The van der Waals surface area contributed by atoms with Crippen molar-refractivity contribution >= 4 is 93.1 Å². The van der Waals surface area contributed by atoms with Crippen LogP contribution in [0.15, 0.2) is 235 Å². The summed E-state index contributed by atoms with van der Waals surface area (Å²) in [7, 11) is 0. The quantitative estimate of drug-likeness (QED) is 0.156. The van der Waals surface area contributed by atoms with E-state index in [0.717, 1.165) is 66.7 Å². The molecule has 3 heteroatoms. The number of para-hydroxylation sites is 3. The SMILES string of the molecule is c1ccc(-n2c3ccccc3c3c(N(c4ccc(-c5cc6ccccc6c6ccccc56)cc4)c4ccc(-c5cccc6c5oc5c7ccccc7ccc65)cc4)cccc32)cc1. The van der Waals surface area contributed by atoms with Crippen molar-refractivity contribution in [2.75, 3.05) is 4.90 Å². The normalized spacial score (nSPS) is 11.8. The number of aromatic nitrogens is 1. The molecule has 0 spiro atoms. The van der Waals surface area contributed by atoms with E-state index in [-0.39, 0.29) is 0 Å². The highest BCUT2D eigenvalue weighted by atomic mass is 16.3. The van der Waals surface area contributed by atoms with Gasteiger partial charge in [0.15, 0.2) is 0 Å². The molecular formula is C60H38N2O. The molecule has 2 aromatic heterocycles. The fourth-order valence-corrected chi connectivity index (χ4v) is 10.1. The second-order valence-electron chi connectivity index (χ2n) is 16.4. The predicted octanol–water partition coefficient (Wildman–Crippen LogP) is 16.9. The Balaban J connectivity index is 0.997. The largest absolute Gasteiger partial charge is 0.455 e. The molecule has 0 atom stereocenters. The minimum absolute atomic E-state index is 0.906. The van der Waals surface area contributed by atoms with E-state index in [1.807, 2.05) is 0 Å². The number of rotatable bonds is 6. The number of fused-ring (bicyclic) bond motifs is 11. The highest BCUT2D eigenvalue weighted by molar-refractivity contribution is 6.19. The zero-order valence-electron chi connectivity index (χ0n) is 34.2. The molecule has 3 nitrogen and oxygen atoms in total. The Morgan fingerprint density at radius 2 is 0.905 bits per heavy atom. The Hall–Kier alpha value is -8.40. The lowest BCUT2D eigenvalue weighted by Gasteiger charge is -2.27. The maximum absolute atomic E-state index is 6.78. The van der Waals surface area contributed by atoms with Crippen LogP contribution in [0, 0.1) is 0 Å². The topological polar surface area (TPSA) is 21.3 Å². The first-order chi connectivity index (χ1) is 31.3. The van der Waals surface area contributed by atoms with E-state index in [9.17, 15) is 0 Å². The van der Waals surface area contributed by atoms with Crippen LogP contribution in [0.1, 0.15) is 0 Å². The first-order valence-electron chi connectivity index (χ1n) is 21.6. The number of furan rings is 1. The van der Waals surface area contributed by atoms with E-state index in [1.54, 1.807) is 0 Å². The van der Waals surface area contributed by atoms with Gasteiger partial charge in [-0.05, 0) is 110 Å². The van der Waals surface area contributed by atoms with Gasteiger partial charge >= 0.3 is 0 Å². The summed E-state index contributed by atoms with van der Waals surface area (Å²) in [6.07, 6.45) is 0. The van der Waals surface area contributed by atoms with Crippen LogP contribution in [0.25, 0.3) is 104 Å². The molecule has 63 heavy (non-hydrogen) atoms. The predicted molar refractivity (Wildman–Crippen MR) is 266 cm³/mol. The highest BCUT2D eigenvalue weighted by Gasteiger charge is 2.22. The van der Waals surface area contributed by atoms with Gasteiger partial charge in [-0.25, -0.2) is 0 Å². The third-order valence-electron chi connectivity index (χ3n) is 13.0. The molecule has 0 fully saturated rings. The molecule has 13 aromatic rings. The van der Waals surface area contributed by atoms with Gasteiger partial charge in [-0.1, -0.05) is 164 Å². The molecule has 13 rings (SSSR count). The van der Waals surface area contributed by atoms with Gasteiger partial charge in [-0.3, -0.25) is 0 Å². The minimum atomic E-state index is 0.906. The zero-order chi connectivity index (χ0) is 41.4. The van der Waals surface area contributed by atoms with E-state index in [2.05, 4.69) is 240 Å². The van der Waals surface area contributed by atoms with E-state index >= 15 is 0 Å². The summed E-state index contributed by atoms with van der Waals surface area (Å²) < 4.78 is 9.17. The highest BCUT2D eigenvalue weighted by Crippen LogP contribution is 2.46. The molecule has 11 aromatic carbocycles. The average Bonchev–Trinajstić information content (AvgIpc) is 3.92. The van der Waals surface area contributed by atoms with Crippen molar-refractivity contribution in [1.29, 1.82) is 0 Å². The van der Waals surface area contributed by atoms with Crippen LogP contribution in [0.4, 0.5) is 17.1 Å². The summed E-state index contributed by atoms with van der Waals surface area (Å²) in [5.41, 5.74) is 13.1. The van der Waals surface area contributed by atoms with Crippen LogP contribution >= 0.6 is 0 Å². The smallest absolute Gasteiger partial charge is 0.143 e. The van der Waals surface area contributed by atoms with Crippen molar-refractivity contribution in [3.63, 3.8) is 0 Å². The van der Waals surface area contributed by atoms with Crippen molar-refractivity contribution in [3.05, 3.63) is 231 Å². The third kappa shape index (κ3) is 5.53. The number of anilines is 3. The molecule has 0 saturated heterocycles. The minimum Gasteiger partial charge on any atom is -0.455 e. The van der Waals surface area contributed by atoms with Crippen molar-refractivity contribution in [2.24, 2.45) is 0 Å². The van der Waals surface area contributed by atoms with E-state index in [1.165, 1.54) is 54.3 Å². The van der Waals surface area contributed by atoms with Crippen LogP contribution in [-0.4, -0.2) is 4.57 Å². The Bertz CT molecular complexity index is 3900. The molecule has 0 aliphatic heterocycles. The van der Waals surface area contributed by atoms with Gasteiger partial charge in [0.2, 0.25) is 0 Å². The van der Waals surface area contributed by atoms with Gasteiger partial charge in [0.1, 0.15) is 11.2 Å².